The van der Waals surface area contributed by atoms with Crippen LogP contribution in [0, 0.1) is 27.7 Å². The lowest BCUT2D eigenvalue weighted by molar-refractivity contribution is 0.0992. The van der Waals surface area contributed by atoms with Crippen LogP contribution < -0.4 is 10.1 Å². The number of carbonyl (C=O) groups excluding carboxylic acids is 1. The van der Waals surface area contributed by atoms with Gasteiger partial charge in [-0.2, -0.15) is 0 Å². The van der Waals surface area contributed by atoms with Crippen LogP contribution in [-0.4, -0.2) is 5.91 Å². The molecule has 0 fully saturated rings. The summed E-state index contributed by atoms with van der Waals surface area (Å²) in [5.41, 5.74) is 5.15. The van der Waals surface area contributed by atoms with Gasteiger partial charge in [-0.25, -0.2) is 0 Å². The Morgan fingerprint density at radius 1 is 0.962 bits per heavy atom. The molecule has 2 aromatic carbocycles. The van der Waals surface area contributed by atoms with Crippen LogP contribution >= 0.6 is 0 Å². The molecule has 0 atom stereocenters. The van der Waals surface area contributed by atoms with Gasteiger partial charge in [-0.3, -0.25) is 4.79 Å². The summed E-state index contributed by atoms with van der Waals surface area (Å²) in [6.45, 7) is 8.27. The van der Waals surface area contributed by atoms with Gasteiger partial charge >= 0.3 is 0 Å². The standard InChI is InChI=1S/C22H23NO3/c1-14-10-15(2)12-19(11-14)25-13-18-8-9-20(26-18)22(24)23-21-16(3)6-5-7-17(21)4/h5-12H,13H2,1-4H3,(H,23,24). The van der Waals surface area contributed by atoms with Crippen LogP contribution in [0.1, 0.15) is 38.6 Å². The van der Waals surface area contributed by atoms with Crippen molar-refractivity contribution in [3.05, 3.63) is 82.3 Å². The summed E-state index contributed by atoms with van der Waals surface area (Å²) in [5.74, 6) is 1.41. The highest BCUT2D eigenvalue weighted by Crippen LogP contribution is 2.22. The highest BCUT2D eigenvalue weighted by molar-refractivity contribution is 6.03. The van der Waals surface area contributed by atoms with E-state index in [1.807, 2.05) is 58.0 Å². The van der Waals surface area contributed by atoms with Crippen LogP contribution in [0.4, 0.5) is 5.69 Å². The monoisotopic (exact) mass is 349 g/mol. The molecule has 0 aliphatic heterocycles. The summed E-state index contributed by atoms with van der Waals surface area (Å²) >= 11 is 0. The molecule has 1 heterocycles. The molecule has 26 heavy (non-hydrogen) atoms. The number of carbonyl (C=O) groups is 1. The van der Waals surface area contributed by atoms with E-state index in [0.717, 1.165) is 33.7 Å². The zero-order valence-corrected chi connectivity index (χ0v) is 15.6. The second kappa shape index (κ2) is 7.48. The quantitative estimate of drug-likeness (QED) is 0.676. The van der Waals surface area contributed by atoms with E-state index in [1.54, 1.807) is 12.1 Å². The van der Waals surface area contributed by atoms with Crippen molar-refractivity contribution in [3.8, 4) is 5.75 Å². The minimum Gasteiger partial charge on any atom is -0.486 e. The fraction of sp³-hybridized carbons (Fsp3) is 0.227. The van der Waals surface area contributed by atoms with Crippen molar-refractivity contribution in [2.24, 2.45) is 0 Å². The number of para-hydroxylation sites is 1. The summed E-state index contributed by atoms with van der Waals surface area (Å²) in [4.78, 5) is 12.4. The van der Waals surface area contributed by atoms with Crippen molar-refractivity contribution in [1.29, 1.82) is 0 Å². The number of hydrogen-bond donors (Lipinski definition) is 1. The number of nitrogens with one attached hydrogen (secondary N) is 1. The van der Waals surface area contributed by atoms with E-state index >= 15 is 0 Å². The van der Waals surface area contributed by atoms with E-state index in [2.05, 4.69) is 11.4 Å². The Hall–Kier alpha value is -3.01. The van der Waals surface area contributed by atoms with Gasteiger partial charge in [0.1, 0.15) is 18.1 Å². The smallest absolute Gasteiger partial charge is 0.291 e. The lowest BCUT2D eigenvalue weighted by atomic mass is 10.1. The summed E-state index contributed by atoms with van der Waals surface area (Å²) in [6.07, 6.45) is 0. The van der Waals surface area contributed by atoms with Crippen molar-refractivity contribution >= 4 is 11.6 Å². The van der Waals surface area contributed by atoms with Gasteiger partial charge in [0.15, 0.2) is 5.76 Å². The van der Waals surface area contributed by atoms with Gasteiger partial charge in [-0.15, -0.1) is 0 Å². The third-order valence-electron chi connectivity index (χ3n) is 4.18. The van der Waals surface area contributed by atoms with Crippen molar-refractivity contribution in [2.75, 3.05) is 5.32 Å². The maximum atomic E-state index is 12.4. The molecule has 0 spiro atoms. The average molecular weight is 349 g/mol. The second-order valence-corrected chi connectivity index (χ2v) is 6.60. The topological polar surface area (TPSA) is 51.5 Å². The van der Waals surface area contributed by atoms with Crippen molar-refractivity contribution in [3.63, 3.8) is 0 Å². The Morgan fingerprint density at radius 2 is 1.62 bits per heavy atom. The molecule has 0 aliphatic rings. The third-order valence-corrected chi connectivity index (χ3v) is 4.18. The Labute approximate surface area is 153 Å². The number of aryl methyl sites for hydroxylation is 4. The predicted octanol–water partition coefficient (Wildman–Crippen LogP) is 5.34. The van der Waals surface area contributed by atoms with Gasteiger partial charge < -0.3 is 14.5 Å². The first-order valence-corrected chi connectivity index (χ1v) is 8.60. The first kappa shape index (κ1) is 17.8. The fourth-order valence-electron chi connectivity index (χ4n) is 2.93. The highest BCUT2D eigenvalue weighted by Gasteiger charge is 2.14. The molecule has 1 aromatic heterocycles. The Balaban J connectivity index is 1.66. The number of hydrogen-bond acceptors (Lipinski definition) is 3. The van der Waals surface area contributed by atoms with Crippen molar-refractivity contribution < 1.29 is 13.9 Å². The van der Waals surface area contributed by atoms with Crippen LogP contribution in [0.3, 0.4) is 0 Å². The molecule has 1 amide bonds. The maximum absolute atomic E-state index is 12.4. The van der Waals surface area contributed by atoms with E-state index in [4.69, 9.17) is 9.15 Å². The summed E-state index contributed by atoms with van der Waals surface area (Å²) < 4.78 is 11.4. The van der Waals surface area contributed by atoms with E-state index in [9.17, 15) is 4.79 Å². The molecule has 0 saturated heterocycles. The van der Waals surface area contributed by atoms with Crippen LogP contribution in [0.5, 0.6) is 5.75 Å². The fourth-order valence-corrected chi connectivity index (χ4v) is 2.93. The first-order chi connectivity index (χ1) is 12.4. The molecule has 0 unspecified atom stereocenters. The maximum Gasteiger partial charge on any atom is 0.291 e. The van der Waals surface area contributed by atoms with Crippen LogP contribution in [0.2, 0.25) is 0 Å². The number of furan rings is 1. The van der Waals surface area contributed by atoms with E-state index < -0.39 is 0 Å². The van der Waals surface area contributed by atoms with E-state index in [-0.39, 0.29) is 18.3 Å². The zero-order valence-electron chi connectivity index (χ0n) is 15.6. The summed E-state index contributed by atoms with van der Waals surface area (Å²) in [5, 5.41) is 2.92. The van der Waals surface area contributed by atoms with Gasteiger partial charge in [0.25, 0.3) is 5.91 Å². The molecular formula is C22H23NO3. The van der Waals surface area contributed by atoms with E-state index in [0.29, 0.717) is 5.76 Å². The zero-order chi connectivity index (χ0) is 18.7. The lowest BCUT2D eigenvalue weighted by Gasteiger charge is -2.10. The average Bonchev–Trinajstić information content (AvgIpc) is 3.05. The molecule has 134 valence electrons. The second-order valence-electron chi connectivity index (χ2n) is 6.60. The molecule has 0 saturated carbocycles. The molecule has 3 aromatic rings. The van der Waals surface area contributed by atoms with Gasteiger partial charge in [0.2, 0.25) is 0 Å². The van der Waals surface area contributed by atoms with Crippen LogP contribution in [0.25, 0.3) is 0 Å². The van der Waals surface area contributed by atoms with Gasteiger partial charge in [0.05, 0.1) is 0 Å². The van der Waals surface area contributed by atoms with Gasteiger partial charge in [-0.05, 0) is 74.2 Å². The molecule has 3 rings (SSSR count). The van der Waals surface area contributed by atoms with Gasteiger partial charge in [-0.1, -0.05) is 24.3 Å². The largest absolute Gasteiger partial charge is 0.486 e. The van der Waals surface area contributed by atoms with Gasteiger partial charge in [0, 0.05) is 5.69 Å². The van der Waals surface area contributed by atoms with Crippen LogP contribution in [-0.2, 0) is 6.61 Å². The molecule has 4 nitrogen and oxygen atoms in total. The SMILES string of the molecule is Cc1cc(C)cc(OCc2ccc(C(=O)Nc3c(C)cccc3C)o2)c1. The number of amides is 1. The summed E-state index contributed by atoms with van der Waals surface area (Å²) in [6, 6.07) is 15.4. The molecule has 0 radical (unpaired) electrons. The van der Waals surface area contributed by atoms with Crippen molar-refractivity contribution in [1.82, 2.24) is 0 Å². The minimum absolute atomic E-state index is 0.264. The number of anilines is 1. The number of benzene rings is 2. The minimum atomic E-state index is -0.264. The van der Waals surface area contributed by atoms with Crippen LogP contribution in [0.15, 0.2) is 52.9 Å². The van der Waals surface area contributed by atoms with Crippen molar-refractivity contribution in [2.45, 2.75) is 34.3 Å². The molecule has 1 N–H and O–H groups in total. The molecular weight excluding hydrogens is 326 g/mol. The number of ether oxygens (including phenoxy) is 1. The molecule has 0 bridgehead atoms. The third kappa shape index (κ3) is 4.14. The normalized spacial score (nSPS) is 10.6. The predicted molar refractivity (Wildman–Crippen MR) is 103 cm³/mol. The molecule has 4 heteroatoms. The number of rotatable bonds is 5. The Bertz CT molecular complexity index is 900. The lowest BCUT2D eigenvalue weighted by Crippen LogP contribution is -2.13. The Morgan fingerprint density at radius 3 is 2.27 bits per heavy atom. The summed E-state index contributed by atoms with van der Waals surface area (Å²) in [7, 11) is 0. The molecule has 0 aliphatic carbocycles. The first-order valence-electron chi connectivity index (χ1n) is 8.60. The van der Waals surface area contributed by atoms with E-state index in [1.165, 1.54) is 0 Å². The highest BCUT2D eigenvalue weighted by atomic mass is 16.5. The Kier molecular flexibility index (Phi) is 5.12.